The molecule has 0 radical (unpaired) electrons. The van der Waals surface area contributed by atoms with Crippen molar-refractivity contribution in [3.05, 3.63) is 101 Å². The molecule has 4 rings (SSSR count). The van der Waals surface area contributed by atoms with E-state index in [0.29, 0.717) is 12.0 Å². The highest BCUT2D eigenvalue weighted by molar-refractivity contribution is 5.66. The minimum Gasteiger partial charge on any atom is -0.398 e. The fraction of sp³-hybridized carbons (Fsp3) is 0.0800. The molecular formula is C25H21N5. The maximum Gasteiger partial charge on any atom is 0.153 e. The third-order valence-corrected chi connectivity index (χ3v) is 5.03. The summed E-state index contributed by atoms with van der Waals surface area (Å²) in [6.45, 7) is 5.63. The van der Waals surface area contributed by atoms with Crippen LogP contribution in [-0.2, 0) is 6.42 Å². The molecule has 0 amide bonds. The number of hydrogen-bond acceptors (Lipinski definition) is 4. The number of nitrogens with zero attached hydrogens (tertiary/aromatic N) is 4. The molecule has 0 aliphatic heterocycles. The van der Waals surface area contributed by atoms with Crippen molar-refractivity contribution in [1.29, 1.82) is 5.26 Å². The smallest absolute Gasteiger partial charge is 0.153 e. The Hall–Kier alpha value is -4.17. The van der Waals surface area contributed by atoms with Crippen LogP contribution in [0.5, 0.6) is 0 Å². The number of nitrogen functional groups attached to an aromatic ring is 1. The molecular weight excluding hydrogens is 370 g/mol. The molecule has 0 saturated heterocycles. The van der Waals surface area contributed by atoms with Gasteiger partial charge in [-0.15, -0.1) is 0 Å². The number of nitrogens with two attached hydrogens (primary N) is 1. The molecule has 0 saturated carbocycles. The molecule has 2 N–H and O–H groups in total. The molecule has 0 fully saturated rings. The number of benzene rings is 2. The van der Waals surface area contributed by atoms with E-state index >= 15 is 0 Å². The number of fused-ring (bicyclic) bond motifs is 1. The van der Waals surface area contributed by atoms with Crippen LogP contribution in [0.4, 0.5) is 5.69 Å². The van der Waals surface area contributed by atoms with Gasteiger partial charge in [0.15, 0.2) is 5.65 Å². The zero-order valence-corrected chi connectivity index (χ0v) is 16.7. The van der Waals surface area contributed by atoms with Gasteiger partial charge in [0, 0.05) is 23.4 Å². The van der Waals surface area contributed by atoms with Gasteiger partial charge in [0.05, 0.1) is 17.8 Å². The first-order valence-electron chi connectivity index (χ1n) is 9.61. The molecule has 2 aromatic carbocycles. The highest BCUT2D eigenvalue weighted by Crippen LogP contribution is 2.22. The summed E-state index contributed by atoms with van der Waals surface area (Å²) in [4.78, 5) is 4.56. The van der Waals surface area contributed by atoms with Gasteiger partial charge in [0.2, 0.25) is 0 Å². The topological polar surface area (TPSA) is 80.0 Å². The molecule has 146 valence electrons. The maximum atomic E-state index is 9.16. The van der Waals surface area contributed by atoms with E-state index in [-0.39, 0.29) is 0 Å². The predicted octanol–water partition coefficient (Wildman–Crippen LogP) is 4.95. The van der Waals surface area contributed by atoms with Crippen LogP contribution in [-0.4, -0.2) is 14.6 Å². The Morgan fingerprint density at radius 1 is 1.17 bits per heavy atom. The Kier molecular flexibility index (Phi) is 5.15. The highest BCUT2D eigenvalue weighted by atomic mass is 15.3. The Bertz CT molecular complexity index is 1320. The summed E-state index contributed by atoms with van der Waals surface area (Å²) in [5, 5.41) is 14.0. The monoisotopic (exact) mass is 391 g/mol. The number of allylic oxidation sites excluding steroid dienone is 2. The van der Waals surface area contributed by atoms with Crippen molar-refractivity contribution in [2.75, 3.05) is 5.73 Å². The first kappa shape index (κ1) is 19.2. The summed E-state index contributed by atoms with van der Waals surface area (Å²) in [5.74, 6) is 0. The van der Waals surface area contributed by atoms with E-state index in [2.05, 4.69) is 23.7 Å². The lowest BCUT2D eigenvalue weighted by molar-refractivity contribution is 0.857. The molecule has 30 heavy (non-hydrogen) atoms. The average molecular weight is 391 g/mol. The Labute approximate surface area is 175 Å². The third-order valence-electron chi connectivity index (χ3n) is 5.03. The molecule has 5 heteroatoms. The summed E-state index contributed by atoms with van der Waals surface area (Å²) in [7, 11) is 0. The maximum absolute atomic E-state index is 9.16. The number of nitriles is 1. The van der Waals surface area contributed by atoms with Crippen molar-refractivity contribution in [3.8, 4) is 17.3 Å². The normalized spacial score (nSPS) is 11.1. The van der Waals surface area contributed by atoms with E-state index in [1.54, 1.807) is 12.3 Å². The van der Waals surface area contributed by atoms with E-state index < -0.39 is 0 Å². The van der Waals surface area contributed by atoms with Crippen molar-refractivity contribution < 1.29 is 0 Å². The van der Waals surface area contributed by atoms with Gasteiger partial charge in [-0.05, 0) is 60.0 Å². The number of aryl methyl sites for hydroxylation is 1. The second-order valence-electron chi connectivity index (χ2n) is 7.11. The van der Waals surface area contributed by atoms with Gasteiger partial charge in [-0.25, -0.2) is 9.50 Å². The summed E-state index contributed by atoms with van der Waals surface area (Å²) >= 11 is 0. The van der Waals surface area contributed by atoms with Crippen LogP contribution >= 0.6 is 0 Å². The third kappa shape index (κ3) is 3.71. The molecule has 0 unspecified atom stereocenters. The fourth-order valence-corrected chi connectivity index (χ4v) is 3.41. The van der Waals surface area contributed by atoms with Crippen LogP contribution < -0.4 is 5.73 Å². The summed E-state index contributed by atoms with van der Waals surface area (Å²) in [5.41, 5.74) is 14.0. The summed E-state index contributed by atoms with van der Waals surface area (Å²) in [6, 6.07) is 17.9. The van der Waals surface area contributed by atoms with Crippen molar-refractivity contribution in [1.82, 2.24) is 14.6 Å². The van der Waals surface area contributed by atoms with Crippen molar-refractivity contribution >= 4 is 17.4 Å². The van der Waals surface area contributed by atoms with E-state index in [1.165, 1.54) is 0 Å². The second kappa shape index (κ2) is 8.06. The van der Waals surface area contributed by atoms with Crippen LogP contribution in [0.25, 0.3) is 23.0 Å². The summed E-state index contributed by atoms with van der Waals surface area (Å²) in [6.07, 6.45) is 8.02. The minimum absolute atomic E-state index is 0.666. The van der Waals surface area contributed by atoms with E-state index in [4.69, 9.17) is 16.1 Å². The molecule has 0 atom stereocenters. The van der Waals surface area contributed by atoms with Crippen molar-refractivity contribution in [2.24, 2.45) is 0 Å². The van der Waals surface area contributed by atoms with E-state index in [1.807, 2.05) is 66.1 Å². The van der Waals surface area contributed by atoms with Gasteiger partial charge in [-0.3, -0.25) is 0 Å². The van der Waals surface area contributed by atoms with Gasteiger partial charge in [0.1, 0.15) is 5.69 Å². The zero-order chi connectivity index (χ0) is 21.1. The van der Waals surface area contributed by atoms with Crippen molar-refractivity contribution in [2.45, 2.75) is 13.3 Å². The lowest BCUT2D eigenvalue weighted by atomic mass is 10.0. The SMILES string of the molecule is C=C/C=C\c1cc(Cc2ccc3ncc(-c4ccc(C#N)c(C)c4)nn23)ccc1N. The van der Waals surface area contributed by atoms with Gasteiger partial charge < -0.3 is 5.73 Å². The first-order chi connectivity index (χ1) is 14.6. The average Bonchev–Trinajstić information content (AvgIpc) is 3.16. The molecule has 2 aromatic heterocycles. The van der Waals surface area contributed by atoms with Gasteiger partial charge in [-0.1, -0.05) is 36.9 Å². The van der Waals surface area contributed by atoms with Crippen LogP contribution in [0.2, 0.25) is 0 Å². The molecule has 0 spiro atoms. The zero-order valence-electron chi connectivity index (χ0n) is 16.7. The second-order valence-corrected chi connectivity index (χ2v) is 7.11. The standard InChI is InChI=1S/C25H21N5/c1-3-4-5-19-13-18(6-10-23(19)27)14-22-9-11-25-28-16-24(29-30(22)25)20-7-8-21(15-26)17(2)12-20/h3-13,16H,1,14,27H2,2H3/b5-4-. The predicted molar refractivity (Wildman–Crippen MR) is 121 cm³/mol. The molecule has 4 aromatic rings. The Morgan fingerprint density at radius 3 is 2.80 bits per heavy atom. The molecule has 2 heterocycles. The number of rotatable bonds is 5. The van der Waals surface area contributed by atoms with Crippen LogP contribution in [0.1, 0.15) is 27.9 Å². The number of aromatic nitrogens is 3. The van der Waals surface area contributed by atoms with Gasteiger partial charge in [-0.2, -0.15) is 10.4 Å². The van der Waals surface area contributed by atoms with E-state index in [0.717, 1.165) is 45.0 Å². The van der Waals surface area contributed by atoms with Gasteiger partial charge in [0.25, 0.3) is 0 Å². The quantitative estimate of drug-likeness (QED) is 0.386. The number of hydrogen-bond donors (Lipinski definition) is 1. The van der Waals surface area contributed by atoms with Crippen molar-refractivity contribution in [3.63, 3.8) is 0 Å². The minimum atomic E-state index is 0.666. The van der Waals surface area contributed by atoms with Gasteiger partial charge >= 0.3 is 0 Å². The molecule has 5 nitrogen and oxygen atoms in total. The Morgan fingerprint density at radius 2 is 2.03 bits per heavy atom. The molecule has 0 bridgehead atoms. The fourth-order valence-electron chi connectivity index (χ4n) is 3.41. The van der Waals surface area contributed by atoms with E-state index in [9.17, 15) is 0 Å². The first-order valence-corrected chi connectivity index (χ1v) is 9.61. The summed E-state index contributed by atoms with van der Waals surface area (Å²) < 4.78 is 1.87. The Balaban J connectivity index is 1.70. The van der Waals surface area contributed by atoms with Crippen LogP contribution in [0.15, 0.2) is 73.5 Å². The largest absolute Gasteiger partial charge is 0.398 e. The van der Waals surface area contributed by atoms with Crippen LogP contribution in [0.3, 0.4) is 0 Å². The number of anilines is 1. The lowest BCUT2D eigenvalue weighted by Crippen LogP contribution is -2.02. The highest BCUT2D eigenvalue weighted by Gasteiger charge is 2.10. The molecule has 0 aliphatic carbocycles. The van der Waals surface area contributed by atoms with Crippen LogP contribution in [0, 0.1) is 18.3 Å². The molecule has 0 aliphatic rings. The lowest BCUT2D eigenvalue weighted by Gasteiger charge is -2.08.